The molecule has 2 aliphatic rings. The van der Waals surface area contributed by atoms with Crippen LogP contribution in [0.2, 0.25) is 5.15 Å². The Morgan fingerprint density at radius 3 is 2.70 bits per heavy atom. The number of rotatable bonds is 6. The summed E-state index contributed by atoms with van der Waals surface area (Å²) in [6, 6.07) is 4.75. The fourth-order valence-corrected chi connectivity index (χ4v) is 4.20. The summed E-state index contributed by atoms with van der Waals surface area (Å²) in [7, 11) is 1.56. The Morgan fingerprint density at radius 2 is 2.06 bits per heavy atom. The molecular weight excluding hydrogens is 463 g/mol. The topological polar surface area (TPSA) is 67.6 Å². The van der Waals surface area contributed by atoms with Gasteiger partial charge in [-0.25, -0.2) is 9.97 Å². The van der Waals surface area contributed by atoms with Gasteiger partial charge in [-0.2, -0.15) is 13.2 Å². The summed E-state index contributed by atoms with van der Waals surface area (Å²) in [5.74, 6) is 0.990. The maximum atomic E-state index is 13.8. The van der Waals surface area contributed by atoms with E-state index in [-0.39, 0.29) is 34.4 Å². The molecule has 176 valence electrons. The predicted molar refractivity (Wildman–Crippen MR) is 113 cm³/mol. The number of ether oxygens (including phenoxy) is 4. The van der Waals surface area contributed by atoms with Crippen LogP contribution in [0.5, 0.6) is 5.75 Å². The van der Waals surface area contributed by atoms with Gasteiger partial charge in [-0.05, 0) is 0 Å². The molecule has 0 N–H and O–H groups in total. The van der Waals surface area contributed by atoms with E-state index in [1.54, 1.807) is 19.2 Å². The molecule has 3 aromatic heterocycles. The van der Waals surface area contributed by atoms with Crippen LogP contribution < -0.4 is 4.74 Å². The zero-order valence-electron chi connectivity index (χ0n) is 17.7. The number of fused-ring (bicyclic) bond motifs is 1. The molecule has 3 aromatic rings. The van der Waals surface area contributed by atoms with Crippen molar-refractivity contribution in [1.82, 2.24) is 14.5 Å². The van der Waals surface area contributed by atoms with Crippen LogP contribution in [-0.4, -0.2) is 54.7 Å². The summed E-state index contributed by atoms with van der Waals surface area (Å²) in [6.07, 6.45) is -1.89. The summed E-state index contributed by atoms with van der Waals surface area (Å²) in [5, 5.41) is 0.00424. The number of methoxy groups -OCH3 is 1. The molecule has 0 unspecified atom stereocenters. The maximum Gasteiger partial charge on any atom is 0.418 e. The lowest BCUT2D eigenvalue weighted by Crippen LogP contribution is -2.33. The van der Waals surface area contributed by atoms with Gasteiger partial charge in [0.25, 0.3) is 0 Å². The molecule has 0 aliphatic carbocycles. The van der Waals surface area contributed by atoms with Gasteiger partial charge < -0.3 is 23.5 Å². The fraction of sp³-hybridized carbons (Fsp3) is 0.455. The first-order valence-corrected chi connectivity index (χ1v) is 10.8. The van der Waals surface area contributed by atoms with Crippen LogP contribution in [0.15, 0.2) is 30.6 Å². The van der Waals surface area contributed by atoms with Gasteiger partial charge in [0.15, 0.2) is 0 Å². The zero-order valence-corrected chi connectivity index (χ0v) is 18.4. The number of hydrogen-bond donors (Lipinski definition) is 0. The van der Waals surface area contributed by atoms with Crippen molar-refractivity contribution in [3.63, 3.8) is 0 Å². The average Bonchev–Trinajstić information content (AvgIpc) is 3.37. The fourth-order valence-electron chi connectivity index (χ4n) is 4.05. The van der Waals surface area contributed by atoms with Gasteiger partial charge in [-0.1, -0.05) is 11.6 Å². The van der Waals surface area contributed by atoms with E-state index in [9.17, 15) is 13.2 Å². The summed E-state index contributed by atoms with van der Waals surface area (Å²) in [4.78, 5) is 8.52. The van der Waals surface area contributed by atoms with E-state index < -0.39 is 17.3 Å². The van der Waals surface area contributed by atoms with E-state index >= 15 is 0 Å². The Hall–Kier alpha value is -2.40. The molecule has 11 heteroatoms. The number of nitrogens with zero attached hydrogens (tertiary/aromatic N) is 3. The third-order valence-electron chi connectivity index (χ3n) is 6.03. The predicted octanol–water partition coefficient (Wildman–Crippen LogP) is 4.38. The maximum absolute atomic E-state index is 13.8. The first-order chi connectivity index (χ1) is 15.8. The Labute approximate surface area is 192 Å². The number of alkyl halides is 3. The van der Waals surface area contributed by atoms with Crippen LogP contribution in [0.1, 0.15) is 17.7 Å². The molecule has 5 heterocycles. The van der Waals surface area contributed by atoms with Crippen LogP contribution in [0.3, 0.4) is 0 Å². The highest BCUT2D eigenvalue weighted by Gasteiger charge is 2.40. The Bertz CT molecular complexity index is 1170. The number of hydrogen-bond acceptors (Lipinski definition) is 6. The molecule has 2 saturated heterocycles. The summed E-state index contributed by atoms with van der Waals surface area (Å²) < 4.78 is 65.1. The molecule has 7 nitrogen and oxygen atoms in total. The Morgan fingerprint density at radius 1 is 1.24 bits per heavy atom. The highest BCUT2D eigenvalue weighted by Crippen LogP contribution is 2.39. The second kappa shape index (κ2) is 8.43. The molecule has 1 atom stereocenters. The minimum Gasteiger partial charge on any atom is -0.493 e. The largest absolute Gasteiger partial charge is 0.493 e. The van der Waals surface area contributed by atoms with Crippen LogP contribution in [0.4, 0.5) is 13.2 Å². The quantitative estimate of drug-likeness (QED) is 0.485. The monoisotopic (exact) mass is 483 g/mol. The van der Waals surface area contributed by atoms with Gasteiger partial charge in [0.05, 0.1) is 43.2 Å². The SMILES string of the molecule is CO[C@@]1(c2cc(OCC3COC3)cc(-n3cc(C(F)(F)F)c4cnc(Cl)cc43)n2)CCOC1. The van der Waals surface area contributed by atoms with Crippen molar-refractivity contribution in [3.05, 3.63) is 47.0 Å². The van der Waals surface area contributed by atoms with Gasteiger partial charge >= 0.3 is 6.18 Å². The van der Waals surface area contributed by atoms with Gasteiger partial charge in [0, 0.05) is 62.0 Å². The molecule has 5 rings (SSSR count). The number of aromatic nitrogens is 3. The summed E-state index contributed by atoms with van der Waals surface area (Å²) in [5.41, 5.74) is -0.883. The number of pyridine rings is 2. The number of halogens is 4. The Balaban J connectivity index is 1.66. The van der Waals surface area contributed by atoms with Crippen molar-refractivity contribution < 1.29 is 32.1 Å². The van der Waals surface area contributed by atoms with Crippen LogP contribution in [0.25, 0.3) is 16.7 Å². The van der Waals surface area contributed by atoms with Crippen molar-refractivity contribution in [2.45, 2.75) is 18.2 Å². The third kappa shape index (κ3) is 4.16. The van der Waals surface area contributed by atoms with E-state index in [1.165, 1.54) is 10.6 Å². The van der Waals surface area contributed by atoms with Crippen molar-refractivity contribution >= 4 is 22.5 Å². The second-order valence-electron chi connectivity index (χ2n) is 8.20. The smallest absolute Gasteiger partial charge is 0.418 e. The summed E-state index contributed by atoms with van der Waals surface area (Å²) in [6.45, 7) is 2.43. The van der Waals surface area contributed by atoms with Crippen molar-refractivity contribution in [2.24, 2.45) is 5.92 Å². The van der Waals surface area contributed by atoms with Gasteiger partial charge in [-0.3, -0.25) is 0 Å². The molecule has 2 fully saturated rings. The minimum absolute atomic E-state index is 0.0705. The molecular formula is C22H21ClF3N3O4. The molecule has 0 radical (unpaired) electrons. The van der Waals surface area contributed by atoms with Crippen LogP contribution in [-0.2, 0) is 26.0 Å². The molecule has 0 saturated carbocycles. The molecule has 0 amide bonds. The lowest BCUT2D eigenvalue weighted by Gasteiger charge is -2.28. The van der Waals surface area contributed by atoms with Crippen molar-refractivity contribution in [1.29, 1.82) is 0 Å². The normalized spacial score (nSPS) is 21.5. The molecule has 0 aromatic carbocycles. The minimum atomic E-state index is -4.58. The third-order valence-corrected chi connectivity index (χ3v) is 6.24. The van der Waals surface area contributed by atoms with E-state index in [1.807, 2.05) is 0 Å². The second-order valence-corrected chi connectivity index (χ2v) is 8.58. The van der Waals surface area contributed by atoms with E-state index in [4.69, 9.17) is 30.5 Å². The first kappa shape index (κ1) is 22.4. The van der Waals surface area contributed by atoms with E-state index in [0.29, 0.717) is 44.3 Å². The van der Waals surface area contributed by atoms with Gasteiger partial charge in [0.2, 0.25) is 0 Å². The Kier molecular flexibility index (Phi) is 5.72. The summed E-state index contributed by atoms with van der Waals surface area (Å²) >= 11 is 6.02. The lowest BCUT2D eigenvalue weighted by molar-refractivity contribution is -0.136. The zero-order chi connectivity index (χ0) is 23.2. The van der Waals surface area contributed by atoms with E-state index in [0.717, 1.165) is 12.4 Å². The van der Waals surface area contributed by atoms with Gasteiger partial charge in [-0.15, -0.1) is 0 Å². The van der Waals surface area contributed by atoms with E-state index in [2.05, 4.69) is 9.97 Å². The van der Waals surface area contributed by atoms with Crippen LogP contribution >= 0.6 is 11.6 Å². The van der Waals surface area contributed by atoms with Crippen LogP contribution in [0, 0.1) is 5.92 Å². The molecule has 0 bridgehead atoms. The molecule has 0 spiro atoms. The first-order valence-electron chi connectivity index (χ1n) is 10.4. The standard InChI is InChI=1S/C22H21ClF3N3O4/c1-30-21(2-3-31-12-21)18-4-14(33-11-13-9-32-10-13)5-20(28-18)29-8-16(22(24,25)26)15-7-27-19(23)6-17(15)29/h4-8,13H,2-3,9-12H2,1H3/t21-/m0/s1. The van der Waals surface area contributed by atoms with Gasteiger partial charge in [0.1, 0.15) is 22.3 Å². The van der Waals surface area contributed by atoms with Crippen molar-refractivity contribution in [2.75, 3.05) is 40.1 Å². The molecule has 2 aliphatic heterocycles. The highest BCUT2D eigenvalue weighted by atomic mass is 35.5. The van der Waals surface area contributed by atoms with Crippen molar-refractivity contribution in [3.8, 4) is 11.6 Å². The lowest BCUT2D eigenvalue weighted by atomic mass is 9.97. The average molecular weight is 484 g/mol. The molecule has 33 heavy (non-hydrogen) atoms. The highest BCUT2D eigenvalue weighted by molar-refractivity contribution is 6.30.